The Morgan fingerprint density at radius 2 is 2.15 bits per heavy atom. The SMILES string of the molecule is Cc1ccc2[nH]c(S(N)=O)cc2c1. The van der Waals surface area contributed by atoms with Crippen molar-refractivity contribution in [2.24, 2.45) is 5.14 Å². The number of rotatable bonds is 1. The van der Waals surface area contributed by atoms with Gasteiger partial charge >= 0.3 is 0 Å². The van der Waals surface area contributed by atoms with Gasteiger partial charge in [-0.1, -0.05) is 11.6 Å². The van der Waals surface area contributed by atoms with Crippen LogP contribution in [0.15, 0.2) is 29.3 Å². The van der Waals surface area contributed by atoms with Crippen molar-refractivity contribution in [1.29, 1.82) is 0 Å². The summed E-state index contributed by atoms with van der Waals surface area (Å²) in [6.07, 6.45) is 0. The quantitative estimate of drug-likeness (QED) is 0.709. The number of aromatic amines is 1. The van der Waals surface area contributed by atoms with Crippen LogP contribution in [-0.4, -0.2) is 9.19 Å². The molecule has 3 nitrogen and oxygen atoms in total. The molecule has 1 atom stereocenters. The highest BCUT2D eigenvalue weighted by Crippen LogP contribution is 2.17. The van der Waals surface area contributed by atoms with E-state index in [1.165, 1.54) is 5.56 Å². The molecule has 0 aliphatic heterocycles. The highest BCUT2D eigenvalue weighted by atomic mass is 32.2. The number of aryl methyl sites for hydroxylation is 1. The summed E-state index contributed by atoms with van der Waals surface area (Å²) in [5, 5.41) is 6.88. The van der Waals surface area contributed by atoms with E-state index >= 15 is 0 Å². The van der Waals surface area contributed by atoms with Gasteiger partial charge in [0.25, 0.3) is 0 Å². The molecule has 0 aliphatic rings. The molecule has 0 spiro atoms. The first-order valence-electron chi connectivity index (χ1n) is 3.92. The third kappa shape index (κ3) is 1.50. The molecule has 0 amide bonds. The molecule has 0 radical (unpaired) electrons. The largest absolute Gasteiger partial charge is 0.347 e. The number of nitrogens with two attached hydrogens (primary N) is 1. The lowest BCUT2D eigenvalue weighted by molar-refractivity contribution is 0.682. The number of fused-ring (bicyclic) bond motifs is 1. The smallest absolute Gasteiger partial charge is 0.139 e. The molecular formula is C9H10N2OS. The van der Waals surface area contributed by atoms with Crippen LogP contribution >= 0.6 is 0 Å². The minimum atomic E-state index is -1.42. The topological polar surface area (TPSA) is 58.9 Å². The number of H-pyrrole nitrogens is 1. The molecule has 13 heavy (non-hydrogen) atoms. The fraction of sp³-hybridized carbons (Fsp3) is 0.111. The second kappa shape index (κ2) is 2.97. The van der Waals surface area contributed by atoms with Crippen LogP contribution < -0.4 is 5.14 Å². The van der Waals surface area contributed by atoms with Gasteiger partial charge in [0.05, 0.1) is 0 Å². The summed E-state index contributed by atoms with van der Waals surface area (Å²) in [5.74, 6) is 0. The van der Waals surface area contributed by atoms with Crippen molar-refractivity contribution in [3.05, 3.63) is 29.8 Å². The Kier molecular flexibility index (Phi) is 1.94. The van der Waals surface area contributed by atoms with Gasteiger partial charge in [-0.3, -0.25) is 0 Å². The molecule has 1 aromatic carbocycles. The van der Waals surface area contributed by atoms with Crippen LogP contribution in [0.3, 0.4) is 0 Å². The maximum absolute atomic E-state index is 11.0. The third-order valence-electron chi connectivity index (χ3n) is 1.97. The lowest BCUT2D eigenvalue weighted by Crippen LogP contribution is -2.02. The molecule has 0 aliphatic carbocycles. The zero-order chi connectivity index (χ0) is 9.42. The minimum Gasteiger partial charge on any atom is -0.347 e. The normalized spacial score (nSPS) is 13.4. The Hall–Kier alpha value is -1.13. The number of hydrogen-bond acceptors (Lipinski definition) is 1. The summed E-state index contributed by atoms with van der Waals surface area (Å²) in [6, 6.07) is 7.81. The average molecular weight is 194 g/mol. The lowest BCUT2D eigenvalue weighted by atomic mass is 10.2. The third-order valence-corrected chi connectivity index (χ3v) is 2.62. The summed E-state index contributed by atoms with van der Waals surface area (Å²) in [5.41, 5.74) is 2.15. The number of benzene rings is 1. The van der Waals surface area contributed by atoms with Gasteiger partial charge in [-0.05, 0) is 25.1 Å². The van der Waals surface area contributed by atoms with Crippen molar-refractivity contribution in [3.8, 4) is 0 Å². The summed E-state index contributed by atoms with van der Waals surface area (Å²) in [4.78, 5) is 3.00. The molecule has 2 aromatic rings. The van der Waals surface area contributed by atoms with Gasteiger partial charge in [0.15, 0.2) is 0 Å². The van der Waals surface area contributed by atoms with E-state index in [4.69, 9.17) is 5.14 Å². The number of nitrogens with one attached hydrogen (secondary N) is 1. The molecule has 2 rings (SSSR count). The van der Waals surface area contributed by atoms with Gasteiger partial charge in [0.1, 0.15) is 16.0 Å². The van der Waals surface area contributed by atoms with Crippen molar-refractivity contribution < 1.29 is 4.21 Å². The molecule has 3 N–H and O–H groups in total. The van der Waals surface area contributed by atoms with Crippen LogP contribution in [0.2, 0.25) is 0 Å². The van der Waals surface area contributed by atoms with Gasteiger partial charge in [0.2, 0.25) is 0 Å². The van der Waals surface area contributed by atoms with Crippen molar-refractivity contribution in [2.75, 3.05) is 0 Å². The highest BCUT2D eigenvalue weighted by molar-refractivity contribution is 7.82. The Bertz CT molecular complexity index is 475. The summed E-state index contributed by atoms with van der Waals surface area (Å²) < 4.78 is 11.0. The molecule has 0 bridgehead atoms. The lowest BCUT2D eigenvalue weighted by Gasteiger charge is -1.90. The van der Waals surface area contributed by atoms with E-state index < -0.39 is 11.0 Å². The van der Waals surface area contributed by atoms with Crippen LogP contribution in [0.25, 0.3) is 10.9 Å². The second-order valence-electron chi connectivity index (χ2n) is 3.02. The molecule has 0 saturated carbocycles. The maximum Gasteiger partial charge on any atom is 0.139 e. The predicted octanol–water partition coefficient (Wildman–Crippen LogP) is 1.46. The van der Waals surface area contributed by atoms with Gasteiger partial charge in [-0.2, -0.15) is 0 Å². The Labute approximate surface area is 78.5 Å². The van der Waals surface area contributed by atoms with Crippen LogP contribution in [0.5, 0.6) is 0 Å². The first-order valence-corrected chi connectivity index (χ1v) is 5.13. The Morgan fingerprint density at radius 3 is 2.85 bits per heavy atom. The van der Waals surface area contributed by atoms with E-state index in [0.29, 0.717) is 5.03 Å². The van der Waals surface area contributed by atoms with Crippen molar-refractivity contribution >= 4 is 21.9 Å². The summed E-state index contributed by atoms with van der Waals surface area (Å²) in [7, 11) is -1.42. The van der Waals surface area contributed by atoms with E-state index in [2.05, 4.69) is 4.98 Å². The summed E-state index contributed by atoms with van der Waals surface area (Å²) >= 11 is 0. The van der Waals surface area contributed by atoms with E-state index in [9.17, 15) is 4.21 Å². The van der Waals surface area contributed by atoms with Crippen molar-refractivity contribution in [3.63, 3.8) is 0 Å². The van der Waals surface area contributed by atoms with Gasteiger partial charge in [0, 0.05) is 10.9 Å². The first-order chi connectivity index (χ1) is 6.16. The van der Waals surface area contributed by atoms with Crippen LogP contribution in [0.4, 0.5) is 0 Å². The van der Waals surface area contributed by atoms with Gasteiger partial charge in [-0.25, -0.2) is 9.35 Å². The predicted molar refractivity (Wildman–Crippen MR) is 53.6 cm³/mol. The minimum absolute atomic E-state index is 0.570. The van der Waals surface area contributed by atoms with Gasteiger partial charge in [-0.15, -0.1) is 0 Å². The number of hydrogen-bond donors (Lipinski definition) is 2. The standard InChI is InChI=1S/C9H10N2OS/c1-6-2-3-8-7(4-6)5-9(11-8)13(10)12/h2-5,11H,10H2,1H3. The zero-order valence-corrected chi connectivity index (χ0v) is 8.02. The van der Waals surface area contributed by atoms with E-state index in [0.717, 1.165) is 10.9 Å². The molecule has 0 saturated heterocycles. The highest BCUT2D eigenvalue weighted by Gasteiger charge is 2.03. The van der Waals surface area contributed by atoms with E-state index in [-0.39, 0.29) is 0 Å². The fourth-order valence-corrected chi connectivity index (χ4v) is 1.79. The van der Waals surface area contributed by atoms with Crippen LogP contribution in [0.1, 0.15) is 5.56 Å². The van der Waals surface area contributed by atoms with E-state index in [1.54, 1.807) is 0 Å². The number of aromatic nitrogens is 1. The van der Waals surface area contributed by atoms with Gasteiger partial charge < -0.3 is 4.98 Å². The molecule has 68 valence electrons. The molecule has 1 unspecified atom stereocenters. The van der Waals surface area contributed by atoms with Crippen LogP contribution in [-0.2, 0) is 11.0 Å². The average Bonchev–Trinajstić information content (AvgIpc) is 2.46. The second-order valence-corrected chi connectivity index (χ2v) is 4.06. The van der Waals surface area contributed by atoms with Crippen LogP contribution in [0, 0.1) is 6.92 Å². The fourth-order valence-electron chi connectivity index (χ4n) is 1.33. The molecule has 1 aromatic heterocycles. The molecular weight excluding hydrogens is 184 g/mol. The van der Waals surface area contributed by atoms with Crippen molar-refractivity contribution in [1.82, 2.24) is 4.98 Å². The Morgan fingerprint density at radius 1 is 1.38 bits per heavy atom. The molecule has 4 heteroatoms. The zero-order valence-electron chi connectivity index (χ0n) is 7.20. The maximum atomic E-state index is 11.0. The molecule has 1 heterocycles. The Balaban J connectivity index is 2.68. The van der Waals surface area contributed by atoms with Crippen molar-refractivity contribution in [2.45, 2.75) is 11.9 Å². The van der Waals surface area contributed by atoms with E-state index in [1.807, 2.05) is 31.2 Å². The molecule has 0 fully saturated rings. The summed E-state index contributed by atoms with van der Waals surface area (Å²) in [6.45, 7) is 2.02. The monoisotopic (exact) mass is 194 g/mol. The first kappa shape index (κ1) is 8.47.